The van der Waals surface area contributed by atoms with Crippen LogP contribution >= 0.6 is 0 Å². The molecule has 1 heterocycles. The van der Waals surface area contributed by atoms with Crippen molar-refractivity contribution in [1.29, 1.82) is 0 Å². The zero-order chi connectivity index (χ0) is 12.3. The maximum atomic E-state index is 11.7. The molecule has 4 nitrogen and oxygen atoms in total. The number of rotatable bonds is 4. The Labute approximate surface area is 98.4 Å². The minimum absolute atomic E-state index is 0.104. The summed E-state index contributed by atoms with van der Waals surface area (Å²) in [5.41, 5.74) is 0.686. The lowest BCUT2D eigenvalue weighted by Crippen LogP contribution is -2.19. The van der Waals surface area contributed by atoms with Crippen LogP contribution in [0.15, 0.2) is 35.1 Å². The first-order valence-electron chi connectivity index (χ1n) is 5.37. The summed E-state index contributed by atoms with van der Waals surface area (Å²) in [7, 11) is 1.58. The van der Waals surface area contributed by atoms with Crippen molar-refractivity contribution in [2.75, 3.05) is 7.11 Å². The normalized spacial score (nSPS) is 10.4. The van der Waals surface area contributed by atoms with Crippen molar-refractivity contribution in [2.45, 2.75) is 13.0 Å². The highest BCUT2D eigenvalue weighted by atomic mass is 16.5. The first-order valence-corrected chi connectivity index (χ1v) is 5.37. The Kier molecular flexibility index (Phi) is 3.23. The van der Waals surface area contributed by atoms with Gasteiger partial charge in [0.15, 0.2) is 0 Å². The topological polar surface area (TPSA) is 48.3 Å². The summed E-state index contributed by atoms with van der Waals surface area (Å²) in [5.74, 6) is 0.697. The van der Waals surface area contributed by atoms with Gasteiger partial charge in [-0.2, -0.15) is 0 Å². The number of aryl methyl sites for hydroxylation is 1. The third-order valence-electron chi connectivity index (χ3n) is 2.67. The first kappa shape index (κ1) is 11.4. The van der Waals surface area contributed by atoms with E-state index in [1.54, 1.807) is 17.7 Å². The molecule has 0 bridgehead atoms. The van der Waals surface area contributed by atoms with Crippen molar-refractivity contribution in [3.8, 4) is 5.75 Å². The van der Waals surface area contributed by atoms with Gasteiger partial charge in [-0.05, 0) is 23.6 Å². The van der Waals surface area contributed by atoms with Crippen molar-refractivity contribution < 1.29 is 9.53 Å². The number of pyridine rings is 1. The summed E-state index contributed by atoms with van der Waals surface area (Å²) in [4.78, 5) is 22.2. The van der Waals surface area contributed by atoms with Gasteiger partial charge in [0, 0.05) is 25.1 Å². The molecule has 2 aromatic rings. The van der Waals surface area contributed by atoms with Gasteiger partial charge in [0.05, 0.1) is 12.6 Å². The lowest BCUT2D eigenvalue weighted by atomic mass is 10.2. The molecule has 0 spiro atoms. The zero-order valence-electron chi connectivity index (χ0n) is 9.55. The maximum Gasteiger partial charge on any atom is 0.251 e. The van der Waals surface area contributed by atoms with Gasteiger partial charge in [0.1, 0.15) is 12.0 Å². The highest BCUT2D eigenvalue weighted by molar-refractivity contribution is 5.80. The number of carbonyl (C=O) groups is 1. The van der Waals surface area contributed by atoms with Crippen LogP contribution in [-0.4, -0.2) is 18.0 Å². The molecule has 1 aromatic heterocycles. The molecule has 17 heavy (non-hydrogen) atoms. The molecular weight excluding hydrogens is 218 g/mol. The van der Waals surface area contributed by atoms with E-state index < -0.39 is 0 Å². The summed E-state index contributed by atoms with van der Waals surface area (Å²) in [6.07, 6.45) is 1.14. The Hall–Kier alpha value is -2.10. The summed E-state index contributed by atoms with van der Waals surface area (Å²) < 4.78 is 6.73. The van der Waals surface area contributed by atoms with E-state index in [0.29, 0.717) is 18.7 Å². The van der Waals surface area contributed by atoms with Crippen LogP contribution in [0, 0.1) is 0 Å². The van der Waals surface area contributed by atoms with Crippen LogP contribution in [-0.2, 0) is 11.3 Å². The second kappa shape index (κ2) is 4.82. The molecule has 2 rings (SSSR count). The van der Waals surface area contributed by atoms with E-state index in [4.69, 9.17) is 4.74 Å². The van der Waals surface area contributed by atoms with E-state index in [9.17, 15) is 9.59 Å². The standard InChI is InChI=1S/C13H13NO3/c1-17-11-5-3-10-4-6-13(16)14(7-2-8-15)12(10)9-11/h3-6,8-9H,2,7H2,1H3. The summed E-state index contributed by atoms with van der Waals surface area (Å²) in [6.45, 7) is 0.396. The van der Waals surface area contributed by atoms with Crippen LogP contribution in [0.1, 0.15) is 6.42 Å². The molecule has 0 amide bonds. The molecule has 0 radical (unpaired) electrons. The minimum atomic E-state index is -0.104. The Bertz CT molecular complexity index is 601. The van der Waals surface area contributed by atoms with Crippen molar-refractivity contribution >= 4 is 17.2 Å². The van der Waals surface area contributed by atoms with Gasteiger partial charge in [-0.15, -0.1) is 0 Å². The van der Waals surface area contributed by atoms with Crippen LogP contribution in [0.5, 0.6) is 5.75 Å². The van der Waals surface area contributed by atoms with E-state index in [2.05, 4.69) is 0 Å². The van der Waals surface area contributed by atoms with E-state index in [1.807, 2.05) is 18.2 Å². The fourth-order valence-electron chi connectivity index (χ4n) is 1.81. The van der Waals surface area contributed by atoms with E-state index in [-0.39, 0.29) is 5.56 Å². The smallest absolute Gasteiger partial charge is 0.251 e. The Morgan fingerprint density at radius 2 is 2.06 bits per heavy atom. The molecule has 0 atom stereocenters. The van der Waals surface area contributed by atoms with Crippen LogP contribution in [0.4, 0.5) is 0 Å². The van der Waals surface area contributed by atoms with Gasteiger partial charge in [0.25, 0.3) is 5.56 Å². The Morgan fingerprint density at radius 3 is 2.76 bits per heavy atom. The molecule has 0 saturated carbocycles. The molecule has 0 unspecified atom stereocenters. The zero-order valence-corrected chi connectivity index (χ0v) is 9.55. The summed E-state index contributed by atoms with van der Waals surface area (Å²) in [5, 5.41) is 0.955. The van der Waals surface area contributed by atoms with E-state index in [0.717, 1.165) is 17.2 Å². The predicted octanol–water partition coefficient (Wildman–Crippen LogP) is 1.60. The fourth-order valence-corrected chi connectivity index (χ4v) is 1.81. The number of hydrogen-bond acceptors (Lipinski definition) is 3. The van der Waals surface area contributed by atoms with Crippen LogP contribution in [0.2, 0.25) is 0 Å². The molecule has 0 aliphatic carbocycles. The number of aromatic nitrogens is 1. The maximum absolute atomic E-state index is 11.7. The molecule has 0 aliphatic rings. The van der Waals surface area contributed by atoms with Crippen LogP contribution in [0.3, 0.4) is 0 Å². The van der Waals surface area contributed by atoms with Crippen molar-refractivity contribution in [3.63, 3.8) is 0 Å². The Balaban J connectivity index is 2.64. The van der Waals surface area contributed by atoms with Crippen LogP contribution < -0.4 is 10.3 Å². The largest absolute Gasteiger partial charge is 0.497 e. The number of benzene rings is 1. The van der Waals surface area contributed by atoms with Crippen molar-refractivity contribution in [2.24, 2.45) is 0 Å². The number of methoxy groups -OCH3 is 1. The van der Waals surface area contributed by atoms with Gasteiger partial charge in [-0.25, -0.2) is 0 Å². The number of aldehydes is 1. The minimum Gasteiger partial charge on any atom is -0.497 e. The molecule has 0 aliphatic heterocycles. The lowest BCUT2D eigenvalue weighted by Gasteiger charge is -2.09. The molecule has 1 aromatic carbocycles. The van der Waals surface area contributed by atoms with Gasteiger partial charge in [-0.1, -0.05) is 0 Å². The monoisotopic (exact) mass is 231 g/mol. The fraction of sp³-hybridized carbons (Fsp3) is 0.231. The molecule has 0 fully saturated rings. The first-order chi connectivity index (χ1) is 8.26. The number of fused-ring (bicyclic) bond motifs is 1. The van der Waals surface area contributed by atoms with Crippen LogP contribution in [0.25, 0.3) is 10.9 Å². The number of hydrogen-bond donors (Lipinski definition) is 0. The predicted molar refractivity (Wildman–Crippen MR) is 65.4 cm³/mol. The Morgan fingerprint density at radius 1 is 1.29 bits per heavy atom. The lowest BCUT2D eigenvalue weighted by molar-refractivity contribution is -0.108. The molecular formula is C13H13NO3. The highest BCUT2D eigenvalue weighted by Gasteiger charge is 2.04. The van der Waals surface area contributed by atoms with Gasteiger partial charge in [0.2, 0.25) is 0 Å². The van der Waals surface area contributed by atoms with Crippen molar-refractivity contribution in [3.05, 3.63) is 40.7 Å². The van der Waals surface area contributed by atoms with Crippen molar-refractivity contribution in [1.82, 2.24) is 4.57 Å². The number of nitrogens with zero attached hydrogens (tertiary/aromatic N) is 1. The molecule has 88 valence electrons. The highest BCUT2D eigenvalue weighted by Crippen LogP contribution is 2.19. The second-order valence-corrected chi connectivity index (χ2v) is 3.70. The average molecular weight is 231 g/mol. The third-order valence-corrected chi connectivity index (χ3v) is 2.67. The third kappa shape index (κ3) is 2.20. The average Bonchev–Trinajstić information content (AvgIpc) is 2.37. The van der Waals surface area contributed by atoms with Gasteiger partial charge in [-0.3, -0.25) is 4.79 Å². The second-order valence-electron chi connectivity index (χ2n) is 3.70. The van der Waals surface area contributed by atoms with E-state index >= 15 is 0 Å². The van der Waals surface area contributed by atoms with Gasteiger partial charge >= 0.3 is 0 Å². The molecule has 0 saturated heterocycles. The number of ether oxygens (including phenoxy) is 1. The summed E-state index contributed by atoms with van der Waals surface area (Å²) >= 11 is 0. The SMILES string of the molecule is COc1ccc2ccc(=O)n(CCC=O)c2c1. The number of carbonyl (C=O) groups excluding carboxylic acids is 1. The van der Waals surface area contributed by atoms with Gasteiger partial charge < -0.3 is 14.1 Å². The van der Waals surface area contributed by atoms with E-state index in [1.165, 1.54) is 6.07 Å². The molecule has 0 N–H and O–H groups in total. The quantitative estimate of drug-likeness (QED) is 0.751. The summed E-state index contributed by atoms with van der Waals surface area (Å²) in [6, 6.07) is 8.83. The molecule has 4 heteroatoms.